The molecule has 8 heteroatoms. The highest BCUT2D eigenvalue weighted by Crippen LogP contribution is 2.23. The molecule has 0 amide bonds. The molecule has 2 unspecified atom stereocenters. The first-order valence-corrected chi connectivity index (χ1v) is 11.6. The van der Waals surface area contributed by atoms with E-state index >= 15 is 0 Å². The highest BCUT2D eigenvalue weighted by Gasteiger charge is 2.23. The monoisotopic (exact) mass is 435 g/mol. The predicted molar refractivity (Wildman–Crippen MR) is 128 cm³/mol. The van der Waals surface area contributed by atoms with E-state index in [4.69, 9.17) is 11.1 Å². The van der Waals surface area contributed by atoms with Crippen LogP contribution >= 0.6 is 0 Å². The van der Waals surface area contributed by atoms with Crippen LogP contribution in [0, 0.1) is 5.41 Å². The Labute approximate surface area is 188 Å². The van der Waals surface area contributed by atoms with Crippen molar-refractivity contribution >= 4 is 16.9 Å². The number of aromatic nitrogens is 4. The van der Waals surface area contributed by atoms with Crippen LogP contribution in [0.4, 0.5) is 0 Å². The van der Waals surface area contributed by atoms with Gasteiger partial charge in [0.25, 0.3) is 5.56 Å². The minimum atomic E-state index is -0.172. The molecular weight excluding hydrogens is 402 g/mol. The third-order valence-electron chi connectivity index (χ3n) is 6.61. The third kappa shape index (κ3) is 4.60. The number of nitrogens with zero attached hydrogens (tertiary/aromatic N) is 4. The van der Waals surface area contributed by atoms with Gasteiger partial charge in [0, 0.05) is 18.6 Å². The number of unbranched alkanes of at least 4 members (excludes halogenated alkanes) is 2. The van der Waals surface area contributed by atoms with Gasteiger partial charge in [-0.1, -0.05) is 25.0 Å². The molecule has 1 aliphatic heterocycles. The molecule has 2 atom stereocenters. The summed E-state index contributed by atoms with van der Waals surface area (Å²) in [5.74, 6) is 0.0665. The molecule has 8 nitrogen and oxygen atoms in total. The number of benzene rings is 1. The summed E-state index contributed by atoms with van der Waals surface area (Å²) in [6.45, 7) is 6.45. The van der Waals surface area contributed by atoms with E-state index in [0.29, 0.717) is 30.0 Å². The van der Waals surface area contributed by atoms with Gasteiger partial charge in [0.2, 0.25) is 0 Å². The van der Waals surface area contributed by atoms with E-state index in [9.17, 15) is 4.79 Å². The summed E-state index contributed by atoms with van der Waals surface area (Å²) in [6, 6.07) is 9.05. The largest absolute Gasteiger partial charge is 0.381 e. The summed E-state index contributed by atoms with van der Waals surface area (Å²) in [5.41, 5.74) is 7.74. The highest BCUT2D eigenvalue weighted by atomic mass is 16.1. The lowest BCUT2D eigenvalue weighted by molar-refractivity contribution is 0.101. The molecule has 170 valence electrons. The molecule has 1 saturated heterocycles. The van der Waals surface area contributed by atoms with Crippen LogP contribution < -0.4 is 11.3 Å². The Bertz CT molecular complexity index is 1140. The molecular formula is C24H33N7O. The second-order valence-electron chi connectivity index (χ2n) is 8.89. The molecule has 0 saturated carbocycles. The van der Waals surface area contributed by atoms with E-state index in [0.717, 1.165) is 36.8 Å². The van der Waals surface area contributed by atoms with Crippen molar-refractivity contribution in [2.45, 2.75) is 71.0 Å². The molecule has 4 N–H and O–H groups in total. The second-order valence-corrected chi connectivity index (χ2v) is 8.89. The molecule has 1 aromatic carbocycles. The van der Waals surface area contributed by atoms with E-state index in [2.05, 4.69) is 33.7 Å². The van der Waals surface area contributed by atoms with Crippen molar-refractivity contribution < 1.29 is 0 Å². The average Bonchev–Trinajstić information content (AvgIpc) is 3.27. The normalized spacial score (nSPS) is 19.4. The van der Waals surface area contributed by atoms with E-state index in [1.165, 1.54) is 25.5 Å². The standard InChI is InChI=1S/C24H33N7O/c1-16-9-8-10-17(2)30(16)13-6-3-7-14-31-20-12-5-4-11-18(20)28-21(24(31)32)19-15-27-23(29-19)22(25)26/h4-5,11-12,15-17H,3,6-10,13-14H2,1-2H3,(H3,25,26)(H,27,29). The molecule has 1 fully saturated rings. The number of aromatic amines is 1. The summed E-state index contributed by atoms with van der Waals surface area (Å²) in [5, 5.41) is 7.54. The van der Waals surface area contributed by atoms with Crippen LogP contribution in [0.5, 0.6) is 0 Å². The van der Waals surface area contributed by atoms with Crippen molar-refractivity contribution in [3.63, 3.8) is 0 Å². The van der Waals surface area contributed by atoms with E-state index in [1.54, 1.807) is 0 Å². The van der Waals surface area contributed by atoms with Crippen molar-refractivity contribution in [2.75, 3.05) is 6.54 Å². The average molecular weight is 436 g/mol. The maximum atomic E-state index is 13.3. The molecule has 0 bridgehead atoms. The Kier molecular flexibility index (Phi) is 6.69. The summed E-state index contributed by atoms with van der Waals surface area (Å²) in [7, 11) is 0. The molecule has 3 aromatic rings. The number of fused-ring (bicyclic) bond motifs is 1. The Hall–Kier alpha value is -3.00. The smallest absolute Gasteiger partial charge is 0.279 e. The Morgan fingerprint density at radius 1 is 1.16 bits per heavy atom. The lowest BCUT2D eigenvalue weighted by Crippen LogP contribution is -2.44. The molecule has 0 radical (unpaired) electrons. The number of aryl methyl sites for hydroxylation is 1. The Morgan fingerprint density at radius 3 is 2.59 bits per heavy atom. The van der Waals surface area contributed by atoms with Gasteiger partial charge in [-0.05, 0) is 58.2 Å². The fourth-order valence-electron chi connectivity index (χ4n) is 4.82. The SMILES string of the molecule is CC1CCCC(C)N1CCCCCn1c(=O)c(-c2cnc(C(=N)N)[nH]2)nc2ccccc21. The number of nitrogens with two attached hydrogens (primary N) is 1. The van der Waals surface area contributed by atoms with Gasteiger partial charge in [0.15, 0.2) is 17.4 Å². The first-order chi connectivity index (χ1) is 15.5. The molecule has 0 aliphatic carbocycles. The number of amidine groups is 1. The number of likely N-dealkylation sites (tertiary alicyclic amines) is 1. The van der Waals surface area contributed by atoms with Gasteiger partial charge in [0.05, 0.1) is 22.9 Å². The van der Waals surface area contributed by atoms with Crippen LogP contribution in [0.1, 0.15) is 58.2 Å². The van der Waals surface area contributed by atoms with E-state index in [-0.39, 0.29) is 17.2 Å². The molecule has 1 aliphatic rings. The lowest BCUT2D eigenvalue weighted by atomic mass is 9.97. The highest BCUT2D eigenvalue weighted by molar-refractivity contribution is 5.91. The van der Waals surface area contributed by atoms with Gasteiger partial charge >= 0.3 is 0 Å². The fourth-order valence-corrected chi connectivity index (χ4v) is 4.82. The maximum absolute atomic E-state index is 13.3. The van der Waals surface area contributed by atoms with Gasteiger partial charge < -0.3 is 15.3 Å². The molecule has 3 heterocycles. The van der Waals surface area contributed by atoms with E-state index < -0.39 is 0 Å². The number of para-hydroxylation sites is 2. The quantitative estimate of drug-likeness (QED) is 0.284. The van der Waals surface area contributed by atoms with Crippen LogP contribution in [-0.2, 0) is 6.54 Å². The number of rotatable bonds is 8. The summed E-state index contributed by atoms with van der Waals surface area (Å²) < 4.78 is 1.82. The van der Waals surface area contributed by atoms with Gasteiger partial charge in [0.1, 0.15) is 0 Å². The van der Waals surface area contributed by atoms with E-state index in [1.807, 2.05) is 28.8 Å². The van der Waals surface area contributed by atoms with Crippen molar-refractivity contribution in [2.24, 2.45) is 5.73 Å². The Balaban J connectivity index is 1.49. The summed E-state index contributed by atoms with van der Waals surface area (Å²) in [4.78, 5) is 27.6. The Morgan fingerprint density at radius 2 is 1.88 bits per heavy atom. The van der Waals surface area contributed by atoms with Crippen molar-refractivity contribution in [1.82, 2.24) is 24.4 Å². The van der Waals surface area contributed by atoms with Crippen molar-refractivity contribution in [3.05, 3.63) is 46.6 Å². The van der Waals surface area contributed by atoms with Crippen LogP contribution in [0.25, 0.3) is 22.4 Å². The number of H-pyrrole nitrogens is 1. The number of nitrogens with one attached hydrogen (secondary N) is 2. The third-order valence-corrected chi connectivity index (χ3v) is 6.61. The first-order valence-electron chi connectivity index (χ1n) is 11.6. The van der Waals surface area contributed by atoms with Gasteiger partial charge in [-0.15, -0.1) is 0 Å². The second kappa shape index (κ2) is 9.65. The molecule has 2 aromatic heterocycles. The van der Waals surface area contributed by atoms with Crippen molar-refractivity contribution in [3.8, 4) is 11.4 Å². The van der Waals surface area contributed by atoms with Crippen LogP contribution in [0.15, 0.2) is 35.3 Å². The zero-order valence-corrected chi connectivity index (χ0v) is 19.0. The van der Waals surface area contributed by atoms with Crippen LogP contribution in [-0.4, -0.2) is 48.9 Å². The number of piperidine rings is 1. The van der Waals surface area contributed by atoms with Gasteiger partial charge in [-0.3, -0.25) is 15.1 Å². The lowest BCUT2D eigenvalue weighted by Gasteiger charge is -2.39. The first kappa shape index (κ1) is 22.2. The predicted octanol–water partition coefficient (Wildman–Crippen LogP) is 3.50. The minimum absolute atomic E-state index is 0.152. The fraction of sp³-hybridized carbons (Fsp3) is 0.500. The van der Waals surface area contributed by atoms with Gasteiger partial charge in [-0.2, -0.15) is 0 Å². The number of hydrogen-bond donors (Lipinski definition) is 3. The minimum Gasteiger partial charge on any atom is -0.381 e. The summed E-state index contributed by atoms with van der Waals surface area (Å²) >= 11 is 0. The number of hydrogen-bond acceptors (Lipinski definition) is 5. The summed E-state index contributed by atoms with van der Waals surface area (Å²) in [6.07, 6.45) is 8.60. The van der Waals surface area contributed by atoms with Gasteiger partial charge in [-0.25, -0.2) is 9.97 Å². The van der Waals surface area contributed by atoms with Crippen molar-refractivity contribution in [1.29, 1.82) is 5.41 Å². The zero-order chi connectivity index (χ0) is 22.7. The molecule has 4 rings (SSSR count). The topological polar surface area (TPSA) is 117 Å². The maximum Gasteiger partial charge on any atom is 0.279 e. The number of nitrogen functional groups attached to an aromatic ring is 1. The molecule has 32 heavy (non-hydrogen) atoms. The zero-order valence-electron chi connectivity index (χ0n) is 19.0. The van der Waals surface area contributed by atoms with Crippen LogP contribution in [0.2, 0.25) is 0 Å². The number of imidazole rings is 1. The molecule has 0 spiro atoms. The van der Waals surface area contributed by atoms with Crippen LogP contribution in [0.3, 0.4) is 0 Å².